The van der Waals surface area contributed by atoms with Gasteiger partial charge in [-0.05, 0) is 44.1 Å². The predicted octanol–water partition coefficient (Wildman–Crippen LogP) is 2.25. The summed E-state index contributed by atoms with van der Waals surface area (Å²) in [4.78, 5) is 22.1. The highest BCUT2D eigenvalue weighted by Gasteiger charge is 2.24. The van der Waals surface area contributed by atoms with E-state index in [0.717, 1.165) is 42.8 Å². The van der Waals surface area contributed by atoms with Crippen LogP contribution in [0.1, 0.15) is 24.6 Å². The number of nitrogens with zero attached hydrogens (tertiary/aromatic N) is 4. The molecule has 7 nitrogen and oxygen atoms in total. The molecule has 0 saturated carbocycles. The largest absolute Gasteiger partial charge is 0.342 e. The van der Waals surface area contributed by atoms with Crippen LogP contribution in [-0.4, -0.2) is 50.2 Å². The Morgan fingerprint density at radius 2 is 2.15 bits per heavy atom. The second-order valence-electron chi connectivity index (χ2n) is 6.76. The molecule has 136 valence electrons. The first-order valence-electron chi connectivity index (χ1n) is 8.74. The van der Waals surface area contributed by atoms with Crippen LogP contribution < -0.4 is 5.32 Å². The highest BCUT2D eigenvalue weighted by molar-refractivity contribution is 5.91. The van der Waals surface area contributed by atoms with Gasteiger partial charge in [0.1, 0.15) is 11.6 Å². The van der Waals surface area contributed by atoms with E-state index in [-0.39, 0.29) is 11.7 Å². The molecule has 0 unspecified atom stereocenters. The fraction of sp³-hybridized carbons (Fsp3) is 0.389. The van der Waals surface area contributed by atoms with Crippen LogP contribution in [0.15, 0.2) is 30.5 Å². The van der Waals surface area contributed by atoms with Crippen LogP contribution >= 0.6 is 0 Å². The van der Waals surface area contributed by atoms with Gasteiger partial charge in [-0.3, -0.25) is 14.4 Å². The number of anilines is 1. The van der Waals surface area contributed by atoms with E-state index >= 15 is 0 Å². The third-order valence-corrected chi connectivity index (χ3v) is 4.78. The number of likely N-dealkylation sites (tertiary alicyclic amines) is 1. The molecule has 0 aliphatic carbocycles. The second-order valence-corrected chi connectivity index (χ2v) is 6.76. The lowest BCUT2D eigenvalue weighted by Gasteiger charge is -2.30. The normalized spacial score (nSPS) is 16.2. The summed E-state index contributed by atoms with van der Waals surface area (Å²) in [6.45, 7) is 2.01. The molecule has 2 N–H and O–H groups in total. The molecule has 2 aromatic heterocycles. The van der Waals surface area contributed by atoms with Gasteiger partial charge in [0.05, 0.1) is 17.6 Å². The minimum absolute atomic E-state index is 0.0543. The number of H-pyrrole nitrogens is 1. The first-order valence-corrected chi connectivity index (χ1v) is 8.74. The monoisotopic (exact) mass is 356 g/mol. The molecular weight excluding hydrogens is 335 g/mol. The number of halogens is 1. The fourth-order valence-electron chi connectivity index (χ4n) is 3.43. The molecule has 1 aromatic carbocycles. The van der Waals surface area contributed by atoms with E-state index in [1.165, 1.54) is 12.1 Å². The standard InChI is InChI=1S/C18H21FN6O/c1-24-7-6-16(23-24)22-17(26)11-25-8-4-12(5-9-25)18-20-14-3-2-13(19)10-15(14)21-18/h2-3,6-7,10,12H,4-5,8-9,11H2,1H3,(H,20,21)(H,22,23,26). The van der Waals surface area contributed by atoms with E-state index in [1.54, 1.807) is 23.0 Å². The Hall–Kier alpha value is -2.74. The quantitative estimate of drug-likeness (QED) is 0.752. The molecule has 3 aromatic rings. The Kier molecular flexibility index (Phi) is 4.42. The van der Waals surface area contributed by atoms with Crippen LogP contribution in [0.4, 0.5) is 10.2 Å². The zero-order valence-electron chi connectivity index (χ0n) is 14.6. The van der Waals surface area contributed by atoms with Crippen LogP contribution in [0.3, 0.4) is 0 Å². The SMILES string of the molecule is Cn1ccc(NC(=O)CN2CCC(c3nc4ccc(F)cc4[nH]3)CC2)n1. The molecule has 0 spiro atoms. The van der Waals surface area contributed by atoms with Crippen molar-refractivity contribution in [1.82, 2.24) is 24.6 Å². The van der Waals surface area contributed by atoms with Crippen molar-refractivity contribution in [2.45, 2.75) is 18.8 Å². The first-order chi connectivity index (χ1) is 12.6. The van der Waals surface area contributed by atoms with Crippen molar-refractivity contribution < 1.29 is 9.18 Å². The third-order valence-electron chi connectivity index (χ3n) is 4.78. The first kappa shape index (κ1) is 16.7. The lowest BCUT2D eigenvalue weighted by molar-refractivity contribution is -0.117. The van der Waals surface area contributed by atoms with Crippen LogP contribution in [0, 0.1) is 5.82 Å². The molecule has 1 aliphatic heterocycles. The number of aromatic nitrogens is 4. The number of rotatable bonds is 4. The molecule has 1 aliphatic rings. The summed E-state index contributed by atoms with van der Waals surface area (Å²) in [7, 11) is 1.81. The van der Waals surface area contributed by atoms with Gasteiger partial charge in [-0.2, -0.15) is 5.10 Å². The molecule has 0 bridgehead atoms. The van der Waals surface area contributed by atoms with Gasteiger partial charge in [0.15, 0.2) is 5.82 Å². The summed E-state index contributed by atoms with van der Waals surface area (Å²) < 4.78 is 15.0. The van der Waals surface area contributed by atoms with Gasteiger partial charge < -0.3 is 10.3 Å². The molecular formula is C18H21FN6O. The second kappa shape index (κ2) is 6.87. The number of carbonyl (C=O) groups excluding carboxylic acids is 1. The summed E-state index contributed by atoms with van der Waals surface area (Å²) in [5.41, 5.74) is 1.52. The molecule has 1 fully saturated rings. The number of imidazole rings is 1. The summed E-state index contributed by atoms with van der Waals surface area (Å²) in [6, 6.07) is 6.37. The van der Waals surface area contributed by atoms with Crippen molar-refractivity contribution >= 4 is 22.8 Å². The number of carbonyl (C=O) groups is 1. The van der Waals surface area contributed by atoms with E-state index in [4.69, 9.17) is 0 Å². The van der Waals surface area contributed by atoms with Crippen LogP contribution in [0.5, 0.6) is 0 Å². The zero-order valence-corrected chi connectivity index (χ0v) is 14.6. The van der Waals surface area contributed by atoms with E-state index in [1.807, 2.05) is 7.05 Å². The van der Waals surface area contributed by atoms with Crippen LogP contribution in [-0.2, 0) is 11.8 Å². The number of benzene rings is 1. The molecule has 1 saturated heterocycles. The van der Waals surface area contributed by atoms with Crippen molar-refractivity contribution in [1.29, 1.82) is 0 Å². The number of amides is 1. The molecule has 8 heteroatoms. The van der Waals surface area contributed by atoms with E-state index in [0.29, 0.717) is 18.3 Å². The summed E-state index contributed by atoms with van der Waals surface area (Å²) in [5, 5.41) is 6.96. The topological polar surface area (TPSA) is 78.8 Å². The number of fused-ring (bicyclic) bond motifs is 1. The van der Waals surface area contributed by atoms with Crippen molar-refractivity contribution in [3.63, 3.8) is 0 Å². The average molecular weight is 356 g/mol. The Bertz CT molecular complexity index is 925. The van der Waals surface area contributed by atoms with Gasteiger partial charge in [0, 0.05) is 25.2 Å². The van der Waals surface area contributed by atoms with Gasteiger partial charge in [0.2, 0.25) is 5.91 Å². The van der Waals surface area contributed by atoms with Crippen molar-refractivity contribution in [3.05, 3.63) is 42.1 Å². The van der Waals surface area contributed by atoms with Gasteiger partial charge in [0.25, 0.3) is 0 Å². The Morgan fingerprint density at radius 3 is 2.88 bits per heavy atom. The molecule has 0 atom stereocenters. The van der Waals surface area contributed by atoms with Crippen molar-refractivity contribution in [2.24, 2.45) is 7.05 Å². The van der Waals surface area contributed by atoms with Gasteiger partial charge in [-0.25, -0.2) is 9.37 Å². The zero-order chi connectivity index (χ0) is 18.1. The number of hydrogen-bond acceptors (Lipinski definition) is 4. The lowest BCUT2D eigenvalue weighted by Crippen LogP contribution is -2.39. The number of hydrogen-bond donors (Lipinski definition) is 2. The maximum Gasteiger partial charge on any atom is 0.239 e. The van der Waals surface area contributed by atoms with Crippen LogP contribution in [0.2, 0.25) is 0 Å². The Balaban J connectivity index is 1.32. The summed E-state index contributed by atoms with van der Waals surface area (Å²) >= 11 is 0. The summed E-state index contributed by atoms with van der Waals surface area (Å²) in [5.74, 6) is 1.47. The maximum absolute atomic E-state index is 13.3. The van der Waals surface area contributed by atoms with Gasteiger partial charge in [-0.15, -0.1) is 0 Å². The Morgan fingerprint density at radius 1 is 1.35 bits per heavy atom. The maximum atomic E-state index is 13.3. The van der Waals surface area contributed by atoms with Crippen molar-refractivity contribution in [3.8, 4) is 0 Å². The predicted molar refractivity (Wildman–Crippen MR) is 96.3 cm³/mol. The molecule has 1 amide bonds. The van der Waals surface area contributed by atoms with E-state index in [9.17, 15) is 9.18 Å². The smallest absolute Gasteiger partial charge is 0.239 e. The minimum atomic E-state index is -0.263. The number of nitrogens with one attached hydrogen (secondary N) is 2. The van der Waals surface area contributed by atoms with Crippen molar-refractivity contribution in [2.75, 3.05) is 25.0 Å². The third kappa shape index (κ3) is 3.60. The van der Waals surface area contributed by atoms with Crippen LogP contribution in [0.25, 0.3) is 11.0 Å². The number of aromatic amines is 1. The number of piperidine rings is 1. The van der Waals surface area contributed by atoms with Gasteiger partial charge in [-0.1, -0.05) is 0 Å². The summed E-state index contributed by atoms with van der Waals surface area (Å²) in [6.07, 6.45) is 3.62. The van der Waals surface area contributed by atoms with E-state index in [2.05, 4.69) is 25.3 Å². The lowest BCUT2D eigenvalue weighted by atomic mass is 9.96. The highest BCUT2D eigenvalue weighted by Crippen LogP contribution is 2.27. The number of aryl methyl sites for hydroxylation is 1. The van der Waals surface area contributed by atoms with E-state index < -0.39 is 0 Å². The highest BCUT2D eigenvalue weighted by atomic mass is 19.1. The molecule has 0 radical (unpaired) electrons. The Labute approximate surface area is 150 Å². The molecule has 4 rings (SSSR count). The van der Waals surface area contributed by atoms with Gasteiger partial charge >= 0.3 is 0 Å². The average Bonchev–Trinajstić information content (AvgIpc) is 3.21. The molecule has 3 heterocycles. The molecule has 26 heavy (non-hydrogen) atoms. The minimum Gasteiger partial charge on any atom is -0.342 e. The fourth-order valence-corrected chi connectivity index (χ4v) is 3.43.